The van der Waals surface area contributed by atoms with E-state index in [1.54, 1.807) is 0 Å². The Morgan fingerprint density at radius 2 is 2.31 bits per heavy atom. The second-order valence-electron chi connectivity index (χ2n) is 2.20. The molecule has 1 aromatic heterocycles. The Hall–Kier alpha value is -1.70. The largest absolute Gasteiger partial charge is 0.472 e. The molecule has 0 aliphatic heterocycles. The molecule has 0 amide bonds. The summed E-state index contributed by atoms with van der Waals surface area (Å²) in [6, 6.07) is 4.68. The fraction of sp³-hybridized carbons (Fsp3) is 0.250. The lowest BCUT2D eigenvalue weighted by atomic mass is 10.3. The van der Waals surface area contributed by atoms with Crippen molar-refractivity contribution in [1.82, 2.24) is 4.98 Å². The molecule has 13 heavy (non-hydrogen) atoms. The Balaban J connectivity index is 2.55. The van der Waals surface area contributed by atoms with Crippen molar-refractivity contribution < 1.29 is 13.5 Å². The molecule has 0 saturated heterocycles. The first-order valence-electron chi connectivity index (χ1n) is 3.49. The quantitative estimate of drug-likeness (QED) is 0.716. The lowest BCUT2D eigenvalue weighted by Gasteiger charge is -2.02. The number of pyridine rings is 1. The Labute approximate surface area is 73.6 Å². The zero-order chi connectivity index (χ0) is 9.68. The minimum absolute atomic E-state index is 0.0966. The van der Waals surface area contributed by atoms with Gasteiger partial charge in [0.2, 0.25) is 5.88 Å². The van der Waals surface area contributed by atoms with E-state index in [1.165, 1.54) is 18.3 Å². The third-order valence-electron chi connectivity index (χ3n) is 1.22. The SMILES string of the molecule is N#Cc1ccc(OCC(F)F)nc1. The van der Waals surface area contributed by atoms with Gasteiger partial charge in [0, 0.05) is 12.3 Å². The molecule has 0 N–H and O–H groups in total. The number of halogens is 2. The smallest absolute Gasteiger partial charge is 0.272 e. The summed E-state index contributed by atoms with van der Waals surface area (Å²) in [5, 5.41) is 8.40. The van der Waals surface area contributed by atoms with E-state index in [0.717, 1.165) is 0 Å². The molecule has 1 aromatic rings. The number of aromatic nitrogens is 1. The number of hydrogen-bond donors (Lipinski definition) is 0. The summed E-state index contributed by atoms with van der Waals surface area (Å²) in [7, 11) is 0. The maximum absolute atomic E-state index is 11.7. The van der Waals surface area contributed by atoms with Gasteiger partial charge in [-0.1, -0.05) is 0 Å². The number of rotatable bonds is 3. The van der Waals surface area contributed by atoms with Crippen molar-refractivity contribution in [2.45, 2.75) is 6.43 Å². The zero-order valence-electron chi connectivity index (χ0n) is 6.58. The fourth-order valence-corrected chi connectivity index (χ4v) is 0.680. The second kappa shape index (κ2) is 4.36. The molecule has 5 heteroatoms. The first-order valence-corrected chi connectivity index (χ1v) is 3.49. The van der Waals surface area contributed by atoms with Crippen molar-refractivity contribution in [3.8, 4) is 11.9 Å². The van der Waals surface area contributed by atoms with Crippen LogP contribution in [0, 0.1) is 11.3 Å². The van der Waals surface area contributed by atoms with E-state index in [4.69, 9.17) is 5.26 Å². The maximum atomic E-state index is 11.7. The number of hydrogen-bond acceptors (Lipinski definition) is 3. The predicted octanol–water partition coefficient (Wildman–Crippen LogP) is 1.60. The van der Waals surface area contributed by atoms with Gasteiger partial charge < -0.3 is 4.74 Å². The molecule has 0 aliphatic rings. The van der Waals surface area contributed by atoms with Crippen LogP contribution in [0.5, 0.6) is 5.88 Å². The zero-order valence-corrected chi connectivity index (χ0v) is 6.58. The van der Waals surface area contributed by atoms with Crippen LogP contribution in [0.15, 0.2) is 18.3 Å². The molecular formula is C8H6F2N2O. The van der Waals surface area contributed by atoms with E-state index >= 15 is 0 Å². The molecule has 1 rings (SSSR count). The van der Waals surface area contributed by atoms with Crippen LogP contribution in [0.25, 0.3) is 0 Å². The number of alkyl halides is 2. The van der Waals surface area contributed by atoms with Crippen LogP contribution in [-0.4, -0.2) is 18.0 Å². The molecule has 0 atom stereocenters. The highest BCUT2D eigenvalue weighted by Crippen LogP contribution is 2.07. The number of nitrogens with zero attached hydrogens (tertiary/aromatic N) is 2. The van der Waals surface area contributed by atoms with Gasteiger partial charge >= 0.3 is 0 Å². The molecule has 0 saturated carbocycles. The lowest BCUT2D eigenvalue weighted by Crippen LogP contribution is -2.07. The van der Waals surface area contributed by atoms with Crippen molar-refractivity contribution in [3.63, 3.8) is 0 Å². The highest BCUT2D eigenvalue weighted by molar-refractivity contribution is 5.28. The van der Waals surface area contributed by atoms with Crippen LogP contribution in [0.1, 0.15) is 5.56 Å². The van der Waals surface area contributed by atoms with Crippen LogP contribution in [-0.2, 0) is 0 Å². The summed E-state index contributed by atoms with van der Waals surface area (Å²) >= 11 is 0. The van der Waals surface area contributed by atoms with E-state index in [1.807, 2.05) is 6.07 Å². The molecule has 0 radical (unpaired) electrons. The van der Waals surface area contributed by atoms with Gasteiger partial charge in [0.15, 0.2) is 6.61 Å². The minimum atomic E-state index is -2.52. The second-order valence-corrected chi connectivity index (χ2v) is 2.20. The van der Waals surface area contributed by atoms with Gasteiger partial charge in [0.25, 0.3) is 6.43 Å². The minimum Gasteiger partial charge on any atom is -0.472 e. The van der Waals surface area contributed by atoms with Crippen LogP contribution in [0.2, 0.25) is 0 Å². The van der Waals surface area contributed by atoms with Gasteiger partial charge in [-0.2, -0.15) is 5.26 Å². The summed E-state index contributed by atoms with van der Waals surface area (Å²) in [5.41, 5.74) is 0.365. The first kappa shape index (κ1) is 9.39. The Kier molecular flexibility index (Phi) is 3.15. The molecule has 0 bridgehead atoms. The van der Waals surface area contributed by atoms with E-state index < -0.39 is 13.0 Å². The van der Waals surface area contributed by atoms with Gasteiger partial charge in [0.05, 0.1) is 5.56 Å². The summed E-state index contributed by atoms with van der Waals surface area (Å²) in [6.07, 6.45) is -1.25. The molecule has 68 valence electrons. The third-order valence-corrected chi connectivity index (χ3v) is 1.22. The first-order chi connectivity index (χ1) is 6.22. The standard InChI is InChI=1S/C8H6F2N2O/c9-7(10)5-13-8-2-1-6(3-11)4-12-8/h1-2,4,7H,5H2. The number of nitriles is 1. The van der Waals surface area contributed by atoms with Crippen molar-refractivity contribution in [3.05, 3.63) is 23.9 Å². The average molecular weight is 184 g/mol. The highest BCUT2D eigenvalue weighted by atomic mass is 19.3. The molecule has 0 unspecified atom stereocenters. The molecule has 0 fully saturated rings. The third kappa shape index (κ3) is 3.03. The Morgan fingerprint density at radius 1 is 1.54 bits per heavy atom. The van der Waals surface area contributed by atoms with Gasteiger partial charge in [-0.15, -0.1) is 0 Å². The molecule has 0 aromatic carbocycles. The van der Waals surface area contributed by atoms with E-state index in [-0.39, 0.29) is 5.88 Å². The molecule has 3 nitrogen and oxygen atoms in total. The van der Waals surface area contributed by atoms with Crippen molar-refractivity contribution in [2.24, 2.45) is 0 Å². The summed E-state index contributed by atoms with van der Waals surface area (Å²) < 4.78 is 27.9. The normalized spacial score (nSPS) is 9.69. The van der Waals surface area contributed by atoms with Gasteiger partial charge in [-0.05, 0) is 6.07 Å². The topological polar surface area (TPSA) is 45.9 Å². The summed E-state index contributed by atoms with van der Waals surface area (Å²) in [5.74, 6) is 0.0966. The predicted molar refractivity (Wildman–Crippen MR) is 40.5 cm³/mol. The average Bonchev–Trinajstić information content (AvgIpc) is 2.15. The van der Waals surface area contributed by atoms with Crippen LogP contribution >= 0.6 is 0 Å². The van der Waals surface area contributed by atoms with Crippen molar-refractivity contribution in [2.75, 3.05) is 6.61 Å². The van der Waals surface area contributed by atoms with Crippen LogP contribution in [0.4, 0.5) is 8.78 Å². The Morgan fingerprint density at radius 3 is 2.77 bits per heavy atom. The highest BCUT2D eigenvalue weighted by Gasteiger charge is 2.03. The molecular weight excluding hydrogens is 178 g/mol. The molecule has 0 spiro atoms. The van der Waals surface area contributed by atoms with Gasteiger partial charge in [-0.3, -0.25) is 0 Å². The van der Waals surface area contributed by atoms with Crippen molar-refractivity contribution in [1.29, 1.82) is 5.26 Å². The van der Waals surface area contributed by atoms with Gasteiger partial charge in [-0.25, -0.2) is 13.8 Å². The van der Waals surface area contributed by atoms with Gasteiger partial charge in [0.1, 0.15) is 6.07 Å². The monoisotopic (exact) mass is 184 g/mol. The maximum Gasteiger partial charge on any atom is 0.272 e. The van der Waals surface area contributed by atoms with E-state index in [9.17, 15) is 8.78 Å². The Bertz CT molecular complexity index is 305. The van der Waals surface area contributed by atoms with E-state index in [2.05, 4.69) is 9.72 Å². The molecule has 1 heterocycles. The number of ether oxygens (including phenoxy) is 1. The van der Waals surface area contributed by atoms with Crippen molar-refractivity contribution >= 4 is 0 Å². The van der Waals surface area contributed by atoms with E-state index in [0.29, 0.717) is 5.56 Å². The van der Waals surface area contributed by atoms with Crippen LogP contribution < -0.4 is 4.74 Å². The summed E-state index contributed by atoms with van der Waals surface area (Å²) in [4.78, 5) is 3.64. The fourth-order valence-electron chi connectivity index (χ4n) is 0.680. The lowest BCUT2D eigenvalue weighted by molar-refractivity contribution is 0.0796. The molecule has 0 aliphatic carbocycles. The van der Waals surface area contributed by atoms with Crippen LogP contribution in [0.3, 0.4) is 0 Å². The summed E-state index contributed by atoms with van der Waals surface area (Å²) in [6.45, 7) is -0.682.